The van der Waals surface area contributed by atoms with Crippen LogP contribution in [-0.2, 0) is 10.8 Å². The van der Waals surface area contributed by atoms with Crippen molar-refractivity contribution in [1.29, 1.82) is 10.5 Å². The van der Waals surface area contributed by atoms with Gasteiger partial charge in [0.05, 0.1) is 66.6 Å². The molecule has 9 aromatic carbocycles. The Morgan fingerprint density at radius 3 is 1.03 bits per heavy atom. The zero-order valence-electron chi connectivity index (χ0n) is 39.4. The van der Waals surface area contributed by atoms with Gasteiger partial charge in [0, 0.05) is 54.5 Å². The van der Waals surface area contributed by atoms with E-state index in [0.717, 1.165) is 123 Å². The van der Waals surface area contributed by atoms with Gasteiger partial charge in [0.25, 0.3) is 0 Å². The zero-order chi connectivity index (χ0) is 47.2. The van der Waals surface area contributed by atoms with Crippen molar-refractivity contribution < 1.29 is 0 Å². The molecule has 0 fully saturated rings. The highest BCUT2D eigenvalue weighted by atomic mass is 15.1. The van der Waals surface area contributed by atoms with Gasteiger partial charge in [-0.3, -0.25) is 0 Å². The summed E-state index contributed by atoms with van der Waals surface area (Å²) < 4.78 is 9.72. The average molecular weight is 899 g/mol. The third-order valence-corrected chi connectivity index (χ3v) is 15.8. The summed E-state index contributed by atoms with van der Waals surface area (Å²) in [5.74, 6) is 0. The quantitative estimate of drug-likeness (QED) is 0.177. The van der Waals surface area contributed by atoms with E-state index < -0.39 is 10.8 Å². The van der Waals surface area contributed by atoms with Gasteiger partial charge in [-0.05, 0) is 83.3 Å². The van der Waals surface area contributed by atoms with Crippen molar-refractivity contribution >= 4 is 87.2 Å². The van der Waals surface area contributed by atoms with Crippen LogP contribution in [0.15, 0.2) is 182 Å². The fourth-order valence-electron chi connectivity index (χ4n) is 12.7. The van der Waals surface area contributed by atoms with Crippen LogP contribution in [0, 0.1) is 22.7 Å². The van der Waals surface area contributed by atoms with Crippen LogP contribution >= 0.6 is 0 Å². The number of para-hydroxylation sites is 6. The Hall–Kier alpha value is -8.84. The lowest BCUT2D eigenvalue weighted by Gasteiger charge is -2.44. The van der Waals surface area contributed by atoms with Crippen LogP contribution in [-0.4, -0.2) is 18.3 Å². The van der Waals surface area contributed by atoms with Crippen molar-refractivity contribution in [2.24, 2.45) is 0 Å². The van der Waals surface area contributed by atoms with Gasteiger partial charge in [-0.25, -0.2) is 0 Å². The van der Waals surface area contributed by atoms with Gasteiger partial charge in [0.2, 0.25) is 0 Å². The third-order valence-electron chi connectivity index (χ3n) is 15.8. The molecular formula is C64H46N6. The Balaban J connectivity index is 1.31. The predicted octanol–water partition coefficient (Wildman–Crippen LogP) is 16.2. The molecule has 0 unspecified atom stereocenters. The monoisotopic (exact) mass is 898 g/mol. The Kier molecular flexibility index (Phi) is 8.25. The molecule has 332 valence electrons. The van der Waals surface area contributed by atoms with E-state index in [9.17, 15) is 10.5 Å². The third kappa shape index (κ3) is 5.20. The van der Waals surface area contributed by atoms with E-state index in [4.69, 9.17) is 0 Å². The fourth-order valence-corrected chi connectivity index (χ4v) is 12.7. The first-order valence-corrected chi connectivity index (χ1v) is 24.3. The highest BCUT2D eigenvalue weighted by molar-refractivity contribution is 6.26. The molecule has 0 aliphatic heterocycles. The second kappa shape index (κ2) is 14.3. The topological polar surface area (TPSA) is 67.3 Å². The van der Waals surface area contributed by atoms with Gasteiger partial charge in [-0.2, -0.15) is 10.5 Å². The lowest BCUT2D eigenvalue weighted by molar-refractivity contribution is 0.330. The van der Waals surface area contributed by atoms with Crippen LogP contribution in [0.5, 0.6) is 0 Å². The summed E-state index contributed by atoms with van der Waals surface area (Å²) in [6, 6.07) is 70.7. The molecule has 0 amide bonds. The minimum Gasteiger partial charge on any atom is -0.307 e. The number of hydrogen-bond donors (Lipinski definition) is 0. The summed E-state index contributed by atoms with van der Waals surface area (Å²) in [4.78, 5) is 0. The van der Waals surface area contributed by atoms with E-state index >= 15 is 0 Å². The second-order valence-corrected chi connectivity index (χ2v) is 20.5. The minimum atomic E-state index is -0.421. The van der Waals surface area contributed by atoms with Gasteiger partial charge in [0.15, 0.2) is 0 Å². The van der Waals surface area contributed by atoms with Gasteiger partial charge in [0.1, 0.15) is 12.1 Å². The molecule has 0 N–H and O–H groups in total. The number of rotatable bonds is 4. The van der Waals surface area contributed by atoms with E-state index in [2.05, 4.69) is 240 Å². The Labute approximate surface area is 404 Å². The molecule has 4 heterocycles. The fraction of sp³-hybridized carbons (Fsp3) is 0.125. The molecule has 0 saturated heterocycles. The number of nitrogens with zero attached hydrogens (tertiary/aromatic N) is 6. The molecule has 0 atom stereocenters. The van der Waals surface area contributed by atoms with E-state index in [1.54, 1.807) is 0 Å². The van der Waals surface area contributed by atoms with Crippen LogP contribution in [0.2, 0.25) is 0 Å². The van der Waals surface area contributed by atoms with Crippen LogP contribution in [0.3, 0.4) is 0 Å². The molecule has 6 heteroatoms. The molecule has 14 rings (SSSR count). The largest absolute Gasteiger partial charge is 0.307 e. The van der Waals surface area contributed by atoms with Crippen molar-refractivity contribution in [3.05, 3.63) is 204 Å². The van der Waals surface area contributed by atoms with Crippen molar-refractivity contribution in [2.75, 3.05) is 0 Å². The number of aromatic nitrogens is 4. The van der Waals surface area contributed by atoms with Gasteiger partial charge >= 0.3 is 0 Å². The molecule has 0 spiro atoms. The summed E-state index contributed by atoms with van der Waals surface area (Å²) in [5, 5.41) is 32.8. The van der Waals surface area contributed by atoms with Crippen LogP contribution in [0.25, 0.3) is 110 Å². The summed E-state index contributed by atoms with van der Waals surface area (Å²) in [5.41, 5.74) is 14.2. The smallest absolute Gasteiger partial charge is 0.103 e. The molecule has 0 saturated carbocycles. The van der Waals surface area contributed by atoms with E-state index in [1.165, 1.54) is 5.39 Å². The SMILES string of the molecule is CC1(C)CCC(C)(C)c2c(-n3c4ccccc4c4ccc5c6ccccc6n(-c6ccccc6)c5c43)c(-n3c4ccccc4c4ccc5c6ccccc6n(-c6ccccc6)c5c43)c(C#N)c(C#N)c21. The average Bonchev–Trinajstić information content (AvgIpc) is 4.12. The van der Waals surface area contributed by atoms with Crippen molar-refractivity contribution in [3.63, 3.8) is 0 Å². The molecular weight excluding hydrogens is 853 g/mol. The van der Waals surface area contributed by atoms with E-state index in [0.29, 0.717) is 16.8 Å². The molecule has 0 bridgehead atoms. The Morgan fingerprint density at radius 2 is 0.643 bits per heavy atom. The first kappa shape index (κ1) is 40.2. The molecule has 13 aromatic rings. The highest BCUT2D eigenvalue weighted by Gasteiger charge is 2.45. The Bertz CT molecular complexity index is 4480. The first-order valence-electron chi connectivity index (χ1n) is 24.3. The zero-order valence-corrected chi connectivity index (χ0v) is 39.4. The van der Waals surface area contributed by atoms with Gasteiger partial charge in [-0.1, -0.05) is 161 Å². The summed E-state index contributed by atoms with van der Waals surface area (Å²) >= 11 is 0. The number of nitriles is 2. The first-order chi connectivity index (χ1) is 34.2. The Morgan fingerprint density at radius 1 is 0.329 bits per heavy atom. The molecule has 1 aliphatic rings. The molecule has 70 heavy (non-hydrogen) atoms. The van der Waals surface area contributed by atoms with E-state index in [1.807, 2.05) is 0 Å². The lowest BCUT2D eigenvalue weighted by atomic mass is 9.60. The number of hydrogen-bond acceptors (Lipinski definition) is 2. The molecule has 4 aromatic heterocycles. The predicted molar refractivity (Wildman–Crippen MR) is 289 cm³/mol. The van der Waals surface area contributed by atoms with Gasteiger partial charge < -0.3 is 18.3 Å². The van der Waals surface area contributed by atoms with Crippen molar-refractivity contribution in [2.45, 2.75) is 51.4 Å². The molecule has 0 radical (unpaired) electrons. The number of fused-ring (bicyclic) bond motifs is 15. The summed E-state index contributed by atoms with van der Waals surface area (Å²) in [6.07, 6.45) is 1.77. The van der Waals surface area contributed by atoms with E-state index in [-0.39, 0.29) is 0 Å². The normalized spacial score (nSPS) is 14.4. The maximum atomic E-state index is 12.1. The van der Waals surface area contributed by atoms with Crippen molar-refractivity contribution in [3.8, 4) is 34.9 Å². The maximum absolute atomic E-state index is 12.1. The van der Waals surface area contributed by atoms with Crippen molar-refractivity contribution in [1.82, 2.24) is 18.3 Å². The van der Waals surface area contributed by atoms with Crippen LogP contribution in [0.4, 0.5) is 0 Å². The summed E-state index contributed by atoms with van der Waals surface area (Å²) in [7, 11) is 0. The van der Waals surface area contributed by atoms with Gasteiger partial charge in [-0.15, -0.1) is 0 Å². The highest BCUT2D eigenvalue weighted by Crippen LogP contribution is 2.55. The standard InChI is InChI=1S/C64H46N6/c1-63(2)35-36-64(3,4)56-55(63)49(37-65)50(38-66)61(69-53-29-17-13-25-43(53)47-33-31-45-41-23-11-15-27-51(41)67(57(45)59(47)69)39-19-7-5-8-20-39)62(56)70-54-30-18-14-26-44(54)48-34-32-46-42-24-12-16-28-52(42)68(58(46)60(48)70)40-21-9-6-10-22-40/h5-34H,35-36H2,1-4H3. The molecule has 1 aliphatic carbocycles. The maximum Gasteiger partial charge on any atom is 0.103 e. The molecule has 6 nitrogen and oxygen atoms in total. The second-order valence-electron chi connectivity index (χ2n) is 20.5. The minimum absolute atomic E-state index is 0.380. The van der Waals surface area contributed by atoms with Crippen LogP contribution < -0.4 is 0 Å². The number of benzene rings is 9. The van der Waals surface area contributed by atoms with Crippen LogP contribution in [0.1, 0.15) is 62.8 Å². The summed E-state index contributed by atoms with van der Waals surface area (Å²) in [6.45, 7) is 9.24. The lowest BCUT2D eigenvalue weighted by Crippen LogP contribution is -2.37.